The van der Waals surface area contributed by atoms with Gasteiger partial charge in [-0.1, -0.05) is 65.2 Å². The van der Waals surface area contributed by atoms with E-state index < -0.39 is 0 Å². The molecule has 23 heavy (non-hydrogen) atoms. The number of hydrogen-bond acceptors (Lipinski definition) is 3. The van der Waals surface area contributed by atoms with Crippen molar-refractivity contribution in [3.8, 4) is 0 Å². The zero-order chi connectivity index (χ0) is 17.2. The Bertz CT molecular complexity index is 221. The smallest absolute Gasteiger partial charge is 0.0781 e. The molecule has 0 aromatic heterocycles. The molecule has 2 unspecified atom stereocenters. The van der Waals surface area contributed by atoms with Crippen molar-refractivity contribution >= 4 is 0 Å². The van der Waals surface area contributed by atoms with Gasteiger partial charge in [-0.2, -0.15) is 0 Å². The maximum Gasteiger partial charge on any atom is 0.0781 e. The summed E-state index contributed by atoms with van der Waals surface area (Å²) in [7, 11) is 0. The molecule has 0 aliphatic heterocycles. The second kappa shape index (κ2) is 18.2. The van der Waals surface area contributed by atoms with E-state index in [-0.39, 0.29) is 12.2 Å². The third kappa shape index (κ3) is 18.1. The molecule has 0 bridgehead atoms. The molecule has 0 heterocycles. The molecule has 0 amide bonds. The fourth-order valence-corrected chi connectivity index (χ4v) is 2.48. The lowest BCUT2D eigenvalue weighted by Gasteiger charge is -2.17. The summed E-state index contributed by atoms with van der Waals surface area (Å²) in [6, 6.07) is 0. The fraction of sp³-hybridized carbons (Fsp3) is 1.00. The largest absolute Gasteiger partial charge is 0.379 e. The molecule has 0 N–H and O–H groups in total. The molecule has 3 heteroatoms. The molecule has 0 radical (unpaired) electrons. The van der Waals surface area contributed by atoms with Gasteiger partial charge < -0.3 is 14.2 Å². The molecule has 2 atom stereocenters. The second-order valence-electron chi connectivity index (χ2n) is 6.73. The lowest BCUT2D eigenvalue weighted by atomic mass is 10.1. The molecule has 0 aliphatic carbocycles. The Morgan fingerprint density at radius 2 is 1.13 bits per heavy atom. The molecular formula is C20H42O3. The first-order chi connectivity index (χ1) is 11.2. The third-order valence-corrected chi connectivity index (χ3v) is 3.97. The summed E-state index contributed by atoms with van der Waals surface area (Å²) in [4.78, 5) is 0. The second-order valence-corrected chi connectivity index (χ2v) is 6.73. The standard InChI is InChI=1S/C20H42O3/c1-5-7-8-9-10-11-12-13-14-16-21-17-19(3)23-18-20(4)22-15-6-2/h19-20H,5-18H2,1-4H3. The van der Waals surface area contributed by atoms with Gasteiger partial charge in [-0.05, 0) is 26.7 Å². The first kappa shape index (κ1) is 22.9. The van der Waals surface area contributed by atoms with E-state index in [1.807, 2.05) is 0 Å². The minimum absolute atomic E-state index is 0.154. The minimum Gasteiger partial charge on any atom is -0.379 e. The Kier molecular flexibility index (Phi) is 18.1. The van der Waals surface area contributed by atoms with Gasteiger partial charge in [0.1, 0.15) is 0 Å². The van der Waals surface area contributed by atoms with Gasteiger partial charge in [-0.25, -0.2) is 0 Å². The molecule has 0 fully saturated rings. The van der Waals surface area contributed by atoms with E-state index in [1.165, 1.54) is 57.8 Å². The molecule has 0 spiro atoms. The van der Waals surface area contributed by atoms with Crippen LogP contribution in [0.2, 0.25) is 0 Å². The maximum atomic E-state index is 5.74. The summed E-state index contributed by atoms with van der Waals surface area (Å²) in [6.45, 7) is 11.6. The molecule has 0 rings (SSSR count). The van der Waals surface area contributed by atoms with Crippen molar-refractivity contribution < 1.29 is 14.2 Å². The average molecular weight is 331 g/mol. The maximum absolute atomic E-state index is 5.74. The topological polar surface area (TPSA) is 27.7 Å². The van der Waals surface area contributed by atoms with Gasteiger partial charge in [0, 0.05) is 13.2 Å². The van der Waals surface area contributed by atoms with Crippen LogP contribution >= 0.6 is 0 Å². The van der Waals surface area contributed by atoms with Crippen molar-refractivity contribution in [3.63, 3.8) is 0 Å². The van der Waals surface area contributed by atoms with Gasteiger partial charge in [0.25, 0.3) is 0 Å². The van der Waals surface area contributed by atoms with Gasteiger partial charge in [0.15, 0.2) is 0 Å². The summed E-state index contributed by atoms with van der Waals surface area (Å²) >= 11 is 0. The lowest BCUT2D eigenvalue weighted by Crippen LogP contribution is -2.23. The normalized spacial score (nSPS) is 14.1. The van der Waals surface area contributed by atoms with E-state index in [9.17, 15) is 0 Å². The van der Waals surface area contributed by atoms with Gasteiger partial charge >= 0.3 is 0 Å². The van der Waals surface area contributed by atoms with Gasteiger partial charge in [-0.3, -0.25) is 0 Å². The summed E-state index contributed by atoms with van der Waals surface area (Å²) < 4.78 is 17.0. The van der Waals surface area contributed by atoms with Crippen molar-refractivity contribution in [2.24, 2.45) is 0 Å². The number of ether oxygens (including phenoxy) is 3. The Labute approximate surface area is 145 Å². The highest BCUT2D eigenvalue weighted by molar-refractivity contribution is 4.53. The fourth-order valence-electron chi connectivity index (χ4n) is 2.48. The zero-order valence-corrected chi connectivity index (χ0v) is 16.3. The number of unbranched alkanes of at least 4 members (excludes halogenated alkanes) is 8. The molecule has 0 aromatic rings. The van der Waals surface area contributed by atoms with Crippen LogP contribution in [0.15, 0.2) is 0 Å². The van der Waals surface area contributed by atoms with E-state index >= 15 is 0 Å². The van der Waals surface area contributed by atoms with E-state index in [0.29, 0.717) is 13.2 Å². The van der Waals surface area contributed by atoms with E-state index in [2.05, 4.69) is 27.7 Å². The molecule has 0 aromatic carbocycles. The Morgan fingerprint density at radius 1 is 0.565 bits per heavy atom. The van der Waals surface area contributed by atoms with Crippen molar-refractivity contribution in [1.29, 1.82) is 0 Å². The summed E-state index contributed by atoms with van der Waals surface area (Å²) in [5, 5.41) is 0. The third-order valence-electron chi connectivity index (χ3n) is 3.97. The van der Waals surface area contributed by atoms with Crippen LogP contribution < -0.4 is 0 Å². The van der Waals surface area contributed by atoms with Crippen LogP contribution in [0.3, 0.4) is 0 Å². The first-order valence-corrected chi connectivity index (χ1v) is 10.0. The van der Waals surface area contributed by atoms with Crippen molar-refractivity contribution in [1.82, 2.24) is 0 Å². The number of rotatable bonds is 18. The predicted molar refractivity (Wildman–Crippen MR) is 99.2 cm³/mol. The quantitative estimate of drug-likeness (QED) is 0.299. The van der Waals surface area contributed by atoms with Gasteiger partial charge in [-0.15, -0.1) is 0 Å². The molecule has 3 nitrogen and oxygen atoms in total. The van der Waals surface area contributed by atoms with Crippen LogP contribution in [0.25, 0.3) is 0 Å². The number of hydrogen-bond donors (Lipinski definition) is 0. The van der Waals surface area contributed by atoms with Crippen molar-refractivity contribution in [3.05, 3.63) is 0 Å². The van der Waals surface area contributed by atoms with Gasteiger partial charge in [0.05, 0.1) is 25.4 Å². The van der Waals surface area contributed by atoms with Crippen LogP contribution in [0, 0.1) is 0 Å². The van der Waals surface area contributed by atoms with Crippen LogP contribution in [0.5, 0.6) is 0 Å². The lowest BCUT2D eigenvalue weighted by molar-refractivity contribution is -0.0570. The molecular weight excluding hydrogens is 288 g/mol. The van der Waals surface area contributed by atoms with E-state index in [4.69, 9.17) is 14.2 Å². The highest BCUT2D eigenvalue weighted by Crippen LogP contribution is 2.09. The Morgan fingerprint density at radius 3 is 1.74 bits per heavy atom. The molecule has 0 aliphatic rings. The van der Waals surface area contributed by atoms with Crippen LogP contribution in [0.4, 0.5) is 0 Å². The zero-order valence-electron chi connectivity index (χ0n) is 16.3. The van der Waals surface area contributed by atoms with E-state index in [1.54, 1.807) is 0 Å². The summed E-state index contributed by atoms with van der Waals surface area (Å²) in [5.41, 5.74) is 0. The van der Waals surface area contributed by atoms with Crippen LogP contribution in [0.1, 0.15) is 91.9 Å². The van der Waals surface area contributed by atoms with Crippen molar-refractivity contribution in [2.45, 2.75) is 104 Å². The first-order valence-electron chi connectivity index (χ1n) is 10.0. The molecule has 0 saturated carbocycles. The molecule has 140 valence electrons. The Hall–Kier alpha value is -0.120. The highest BCUT2D eigenvalue weighted by Gasteiger charge is 2.06. The summed E-state index contributed by atoms with van der Waals surface area (Å²) in [5.74, 6) is 0. The van der Waals surface area contributed by atoms with Gasteiger partial charge in [0.2, 0.25) is 0 Å². The highest BCUT2D eigenvalue weighted by atomic mass is 16.6. The van der Waals surface area contributed by atoms with E-state index in [0.717, 1.165) is 19.6 Å². The molecule has 0 saturated heterocycles. The minimum atomic E-state index is 0.154. The SMILES string of the molecule is CCCCCCCCCCCOCC(C)OCC(C)OCCC. The van der Waals surface area contributed by atoms with Crippen LogP contribution in [-0.4, -0.2) is 38.6 Å². The van der Waals surface area contributed by atoms with Crippen LogP contribution in [-0.2, 0) is 14.2 Å². The summed E-state index contributed by atoms with van der Waals surface area (Å²) in [6.07, 6.45) is 13.6. The monoisotopic (exact) mass is 330 g/mol. The average Bonchev–Trinajstić information content (AvgIpc) is 2.56. The van der Waals surface area contributed by atoms with Crippen molar-refractivity contribution in [2.75, 3.05) is 26.4 Å². The predicted octanol–water partition coefficient (Wildman–Crippen LogP) is 5.75. The Balaban J connectivity index is 3.21.